The highest BCUT2D eigenvalue weighted by Gasteiger charge is 2.18. The van der Waals surface area contributed by atoms with Gasteiger partial charge >= 0.3 is 6.03 Å². The number of carbonyl (C=O) groups is 1. The van der Waals surface area contributed by atoms with Crippen LogP contribution in [0.4, 0.5) is 10.5 Å². The summed E-state index contributed by atoms with van der Waals surface area (Å²) in [7, 11) is 0. The van der Waals surface area contributed by atoms with Gasteiger partial charge in [-0.2, -0.15) is 11.3 Å². The number of rotatable bonds is 5. The third-order valence-electron chi connectivity index (χ3n) is 3.94. The smallest absolute Gasteiger partial charge is 0.322 e. The molecule has 0 atom stereocenters. The number of nitrogens with one attached hydrogen (secondary N) is 1. The number of amides is 2. The van der Waals surface area contributed by atoms with Gasteiger partial charge in [0.2, 0.25) is 6.79 Å². The highest BCUT2D eigenvalue weighted by atomic mass is 32.1. The maximum absolute atomic E-state index is 12.9. The molecule has 7 heteroatoms. The van der Waals surface area contributed by atoms with Crippen LogP contribution < -0.4 is 14.8 Å². The first-order valence-electron chi connectivity index (χ1n) is 8.14. The quantitative estimate of drug-likeness (QED) is 0.737. The van der Waals surface area contributed by atoms with Crippen LogP contribution in [0.15, 0.2) is 59.4 Å². The molecule has 1 aliphatic rings. The Morgan fingerprint density at radius 2 is 2.08 bits per heavy atom. The fourth-order valence-corrected chi connectivity index (χ4v) is 3.33. The van der Waals surface area contributed by atoms with Gasteiger partial charge in [0.25, 0.3) is 0 Å². The van der Waals surface area contributed by atoms with Crippen LogP contribution >= 0.6 is 11.3 Å². The molecule has 1 aliphatic heterocycles. The summed E-state index contributed by atoms with van der Waals surface area (Å²) in [6.07, 6.45) is 1.73. The van der Waals surface area contributed by atoms with Gasteiger partial charge in [0.15, 0.2) is 11.5 Å². The maximum Gasteiger partial charge on any atom is 0.322 e. The predicted octanol–water partition coefficient (Wildman–Crippen LogP) is 4.11. The predicted molar refractivity (Wildman–Crippen MR) is 99.4 cm³/mol. The summed E-state index contributed by atoms with van der Waals surface area (Å²) in [6, 6.07) is 12.9. The zero-order valence-corrected chi connectivity index (χ0v) is 14.7. The molecule has 0 saturated carbocycles. The van der Waals surface area contributed by atoms with Crippen LogP contribution in [0.1, 0.15) is 11.3 Å². The molecule has 2 amide bonds. The summed E-state index contributed by atoms with van der Waals surface area (Å²) in [5.74, 6) is 1.32. The van der Waals surface area contributed by atoms with Crippen LogP contribution in [-0.2, 0) is 13.1 Å². The van der Waals surface area contributed by atoms with Crippen molar-refractivity contribution in [2.24, 2.45) is 0 Å². The monoisotopic (exact) mass is 367 g/mol. The standard InChI is InChI=1S/C19H17N3O3S/c23-19(21-15-4-5-17-18(9-15)25-13-24-17)22(10-14-6-8-26-12-14)11-16-3-1-2-7-20-16/h1-9,12H,10-11,13H2,(H,21,23). The van der Waals surface area contributed by atoms with Crippen LogP contribution in [-0.4, -0.2) is 22.7 Å². The Bertz CT molecular complexity index is 884. The summed E-state index contributed by atoms with van der Waals surface area (Å²) >= 11 is 1.61. The molecule has 0 unspecified atom stereocenters. The van der Waals surface area contributed by atoms with Crippen molar-refractivity contribution in [3.63, 3.8) is 0 Å². The van der Waals surface area contributed by atoms with Crippen molar-refractivity contribution in [2.75, 3.05) is 12.1 Å². The van der Waals surface area contributed by atoms with Crippen molar-refractivity contribution in [1.82, 2.24) is 9.88 Å². The summed E-state index contributed by atoms with van der Waals surface area (Å²) < 4.78 is 10.7. The zero-order valence-electron chi connectivity index (χ0n) is 13.9. The van der Waals surface area contributed by atoms with Gasteiger partial charge in [-0.1, -0.05) is 6.07 Å². The molecule has 3 heterocycles. The number of hydrogen-bond acceptors (Lipinski definition) is 5. The molecule has 0 radical (unpaired) electrons. The number of aromatic nitrogens is 1. The zero-order chi connectivity index (χ0) is 17.8. The lowest BCUT2D eigenvalue weighted by molar-refractivity contribution is 0.174. The topological polar surface area (TPSA) is 63.7 Å². The minimum Gasteiger partial charge on any atom is -0.454 e. The van der Waals surface area contributed by atoms with E-state index in [1.165, 1.54) is 0 Å². The second-order valence-electron chi connectivity index (χ2n) is 5.81. The molecule has 132 valence electrons. The molecule has 1 N–H and O–H groups in total. The van der Waals surface area contributed by atoms with E-state index in [4.69, 9.17) is 9.47 Å². The van der Waals surface area contributed by atoms with E-state index in [2.05, 4.69) is 10.3 Å². The highest BCUT2D eigenvalue weighted by Crippen LogP contribution is 2.34. The van der Waals surface area contributed by atoms with Crippen LogP contribution in [0.2, 0.25) is 0 Å². The van der Waals surface area contributed by atoms with Gasteiger partial charge in [-0.3, -0.25) is 4.98 Å². The molecule has 4 rings (SSSR count). The molecule has 1 aromatic carbocycles. The number of nitrogens with zero attached hydrogens (tertiary/aromatic N) is 2. The highest BCUT2D eigenvalue weighted by molar-refractivity contribution is 7.07. The molecular formula is C19H17N3O3S. The van der Waals surface area contributed by atoms with Crippen molar-refractivity contribution >= 4 is 23.1 Å². The number of hydrogen-bond donors (Lipinski definition) is 1. The number of fused-ring (bicyclic) bond motifs is 1. The Kier molecular flexibility index (Phi) is 4.70. The average molecular weight is 367 g/mol. The summed E-state index contributed by atoms with van der Waals surface area (Å²) in [5, 5.41) is 6.98. The van der Waals surface area contributed by atoms with E-state index in [0.717, 1.165) is 11.3 Å². The van der Waals surface area contributed by atoms with Crippen LogP contribution in [0.5, 0.6) is 11.5 Å². The lowest BCUT2D eigenvalue weighted by Gasteiger charge is -2.22. The van der Waals surface area contributed by atoms with Crippen molar-refractivity contribution in [3.8, 4) is 11.5 Å². The van der Waals surface area contributed by atoms with Gasteiger partial charge in [-0.25, -0.2) is 4.79 Å². The van der Waals surface area contributed by atoms with Crippen molar-refractivity contribution in [3.05, 3.63) is 70.7 Å². The number of pyridine rings is 1. The van der Waals surface area contributed by atoms with E-state index in [-0.39, 0.29) is 12.8 Å². The average Bonchev–Trinajstić information content (AvgIpc) is 3.33. The number of anilines is 1. The Labute approximate surface area is 155 Å². The molecule has 0 fully saturated rings. The van der Waals surface area contributed by atoms with Gasteiger partial charge in [-0.15, -0.1) is 0 Å². The summed E-state index contributed by atoms with van der Waals surface area (Å²) in [6.45, 7) is 1.14. The molecule has 2 aromatic heterocycles. The lowest BCUT2D eigenvalue weighted by atomic mass is 10.2. The minimum atomic E-state index is -0.194. The molecule has 0 saturated heterocycles. The van der Waals surface area contributed by atoms with Crippen molar-refractivity contribution in [2.45, 2.75) is 13.1 Å². The van der Waals surface area contributed by atoms with Crippen molar-refractivity contribution in [1.29, 1.82) is 0 Å². The molecular weight excluding hydrogens is 350 g/mol. The first-order chi connectivity index (χ1) is 12.8. The van der Waals surface area contributed by atoms with E-state index in [9.17, 15) is 4.79 Å². The van der Waals surface area contributed by atoms with Crippen molar-refractivity contribution < 1.29 is 14.3 Å². The fraction of sp³-hybridized carbons (Fsp3) is 0.158. The van der Waals surface area contributed by atoms with E-state index >= 15 is 0 Å². The van der Waals surface area contributed by atoms with Gasteiger partial charge in [0.1, 0.15) is 0 Å². The number of benzene rings is 1. The first-order valence-corrected chi connectivity index (χ1v) is 9.09. The summed E-state index contributed by atoms with van der Waals surface area (Å²) in [5.41, 5.74) is 2.59. The molecule has 0 bridgehead atoms. The second-order valence-corrected chi connectivity index (χ2v) is 6.59. The lowest BCUT2D eigenvalue weighted by Crippen LogP contribution is -2.34. The third-order valence-corrected chi connectivity index (χ3v) is 4.68. The van der Waals surface area contributed by atoms with Crippen LogP contribution in [0.3, 0.4) is 0 Å². The SMILES string of the molecule is O=C(Nc1ccc2c(c1)OCO2)N(Cc1ccsc1)Cc1ccccn1. The van der Waals surface area contributed by atoms with E-state index in [1.807, 2.05) is 35.0 Å². The maximum atomic E-state index is 12.9. The molecule has 26 heavy (non-hydrogen) atoms. The van der Waals surface area contributed by atoms with Gasteiger partial charge in [-0.05, 0) is 46.7 Å². The molecule has 6 nitrogen and oxygen atoms in total. The normalized spacial score (nSPS) is 12.0. The molecule has 0 aliphatic carbocycles. The minimum absolute atomic E-state index is 0.194. The molecule has 0 spiro atoms. The van der Waals surface area contributed by atoms with E-state index in [0.29, 0.717) is 30.3 Å². The van der Waals surface area contributed by atoms with Gasteiger partial charge in [0.05, 0.1) is 12.2 Å². The number of carbonyl (C=O) groups excluding carboxylic acids is 1. The molecule has 3 aromatic rings. The first kappa shape index (κ1) is 16.4. The number of urea groups is 1. The fourth-order valence-electron chi connectivity index (χ4n) is 2.67. The Hall–Kier alpha value is -3.06. The Morgan fingerprint density at radius 3 is 2.88 bits per heavy atom. The second kappa shape index (κ2) is 7.45. The number of ether oxygens (including phenoxy) is 2. The van der Waals surface area contributed by atoms with E-state index < -0.39 is 0 Å². The van der Waals surface area contributed by atoms with Crippen LogP contribution in [0, 0.1) is 0 Å². The van der Waals surface area contributed by atoms with E-state index in [1.54, 1.807) is 40.6 Å². The van der Waals surface area contributed by atoms with Crippen LogP contribution in [0.25, 0.3) is 0 Å². The largest absolute Gasteiger partial charge is 0.454 e. The van der Waals surface area contributed by atoms with Gasteiger partial charge < -0.3 is 19.7 Å². The summed E-state index contributed by atoms with van der Waals surface area (Å²) in [4.78, 5) is 18.9. The Balaban J connectivity index is 1.51. The Morgan fingerprint density at radius 1 is 1.15 bits per heavy atom. The number of thiophene rings is 1. The van der Waals surface area contributed by atoms with Gasteiger partial charge in [0, 0.05) is 24.5 Å². The third kappa shape index (κ3) is 3.78.